The fourth-order valence-corrected chi connectivity index (χ4v) is 2.50. The van der Waals surface area contributed by atoms with E-state index in [2.05, 4.69) is 59.0 Å². The molecule has 0 heterocycles. The summed E-state index contributed by atoms with van der Waals surface area (Å²) in [5.74, 6) is 0.0875. The zero-order chi connectivity index (χ0) is 18.2. The normalized spacial score (nSPS) is 12.2. The molecule has 0 aliphatic rings. The predicted octanol–water partition coefficient (Wildman–Crippen LogP) is 5.10. The van der Waals surface area contributed by atoms with Gasteiger partial charge >= 0.3 is 0 Å². The van der Waals surface area contributed by atoms with Gasteiger partial charge in [-0.3, -0.25) is 4.79 Å². The molecule has 24 heavy (non-hydrogen) atoms. The van der Waals surface area contributed by atoms with Crippen LogP contribution < -0.4 is 5.32 Å². The zero-order valence-electron chi connectivity index (χ0n) is 16.4. The van der Waals surface area contributed by atoms with E-state index in [1.54, 1.807) is 0 Å². The predicted molar refractivity (Wildman–Crippen MR) is 103 cm³/mol. The molecule has 3 heteroatoms. The fourth-order valence-electron chi connectivity index (χ4n) is 2.50. The molecule has 0 atom stereocenters. The Balaban J connectivity index is 2.22. The first-order chi connectivity index (χ1) is 11.1. The van der Waals surface area contributed by atoms with E-state index in [0.717, 1.165) is 24.9 Å². The Morgan fingerprint density at radius 2 is 1.62 bits per heavy atom. The quantitative estimate of drug-likeness (QED) is 0.639. The summed E-state index contributed by atoms with van der Waals surface area (Å²) in [5, 5.41) is 3.17. The number of anilines is 1. The Labute approximate surface area is 148 Å². The smallest absolute Gasteiger partial charge is 0.177 e. The minimum Gasteiger partial charge on any atom is -0.378 e. The highest BCUT2D eigenvalue weighted by molar-refractivity contribution is 5.84. The number of benzene rings is 1. The van der Waals surface area contributed by atoms with E-state index >= 15 is 0 Å². The van der Waals surface area contributed by atoms with Crippen LogP contribution in [-0.2, 0) is 16.0 Å². The van der Waals surface area contributed by atoms with E-state index in [4.69, 9.17) is 4.74 Å². The Kier molecular flexibility index (Phi) is 7.95. The molecule has 0 bridgehead atoms. The number of rotatable bonds is 9. The second-order valence-corrected chi connectivity index (χ2v) is 9.04. The number of Topliss-reactive ketones (excluding diaryl/α,β-unsaturated/α-hetero) is 1. The summed E-state index contributed by atoms with van der Waals surface area (Å²) in [6.45, 7) is 14.5. The molecule has 0 amide bonds. The molecule has 0 aliphatic heterocycles. The third kappa shape index (κ3) is 10.4. The maximum atomic E-state index is 11.8. The summed E-state index contributed by atoms with van der Waals surface area (Å²) in [5.41, 5.74) is 2.92. The molecule has 0 spiro atoms. The topological polar surface area (TPSA) is 38.3 Å². The zero-order valence-corrected chi connectivity index (χ0v) is 16.4. The third-order valence-electron chi connectivity index (χ3n) is 3.66. The van der Waals surface area contributed by atoms with Gasteiger partial charge < -0.3 is 10.1 Å². The lowest BCUT2D eigenvalue weighted by atomic mass is 9.88. The number of hydrogen-bond acceptors (Lipinski definition) is 3. The van der Waals surface area contributed by atoms with Crippen molar-refractivity contribution in [2.75, 3.05) is 25.1 Å². The van der Waals surface area contributed by atoms with Gasteiger partial charge in [0, 0.05) is 12.3 Å². The maximum Gasteiger partial charge on any atom is 0.177 e. The third-order valence-corrected chi connectivity index (χ3v) is 3.66. The van der Waals surface area contributed by atoms with Crippen LogP contribution in [0.2, 0.25) is 0 Å². The highest BCUT2D eigenvalue weighted by atomic mass is 16.5. The van der Waals surface area contributed by atoms with Gasteiger partial charge in [-0.25, -0.2) is 0 Å². The molecule has 0 unspecified atom stereocenters. The number of ether oxygens (including phenoxy) is 1. The molecular weight excluding hydrogens is 298 g/mol. The molecule has 136 valence electrons. The summed E-state index contributed by atoms with van der Waals surface area (Å²) in [6, 6.07) is 8.33. The summed E-state index contributed by atoms with van der Waals surface area (Å²) in [7, 11) is 0. The van der Waals surface area contributed by atoms with Gasteiger partial charge in [0.2, 0.25) is 0 Å². The average Bonchev–Trinajstić information content (AvgIpc) is 2.43. The van der Waals surface area contributed by atoms with Crippen LogP contribution in [0, 0.1) is 10.8 Å². The van der Waals surface area contributed by atoms with Gasteiger partial charge in [-0.1, -0.05) is 53.7 Å². The van der Waals surface area contributed by atoms with Crippen molar-refractivity contribution in [3.63, 3.8) is 0 Å². The average molecular weight is 334 g/mol. The highest BCUT2D eigenvalue weighted by Crippen LogP contribution is 2.22. The van der Waals surface area contributed by atoms with Crippen LogP contribution in [0.4, 0.5) is 5.69 Å². The second-order valence-electron chi connectivity index (χ2n) is 9.04. The monoisotopic (exact) mass is 333 g/mol. The minimum atomic E-state index is 0.0875. The van der Waals surface area contributed by atoms with Crippen molar-refractivity contribution in [2.24, 2.45) is 10.8 Å². The van der Waals surface area contributed by atoms with E-state index in [1.165, 1.54) is 5.56 Å². The van der Waals surface area contributed by atoms with Crippen LogP contribution in [0.1, 0.15) is 59.9 Å². The first kappa shape index (κ1) is 20.7. The number of hydrogen-bond donors (Lipinski definition) is 1. The molecule has 0 radical (unpaired) electrons. The lowest BCUT2D eigenvalue weighted by Crippen LogP contribution is -2.19. The number of nitrogens with one attached hydrogen (secondary N) is 1. The summed E-state index contributed by atoms with van der Waals surface area (Å²) in [4.78, 5) is 11.8. The van der Waals surface area contributed by atoms with Gasteiger partial charge in [-0.2, -0.15) is 0 Å². The van der Waals surface area contributed by atoms with Crippen LogP contribution in [-0.4, -0.2) is 25.5 Å². The SMILES string of the molecule is CC(C)(C)CCCOCC(=O)CNc1ccc(CC(C)(C)C)cc1. The van der Waals surface area contributed by atoms with Crippen molar-refractivity contribution in [2.45, 2.75) is 60.8 Å². The Morgan fingerprint density at radius 3 is 2.17 bits per heavy atom. The highest BCUT2D eigenvalue weighted by Gasteiger charge is 2.11. The fraction of sp³-hybridized carbons (Fsp3) is 0.667. The van der Waals surface area contributed by atoms with Gasteiger partial charge in [-0.15, -0.1) is 0 Å². The number of ketones is 1. The van der Waals surface area contributed by atoms with Crippen molar-refractivity contribution < 1.29 is 9.53 Å². The van der Waals surface area contributed by atoms with E-state index < -0.39 is 0 Å². The largest absolute Gasteiger partial charge is 0.378 e. The molecule has 0 aliphatic carbocycles. The molecular formula is C21H35NO2. The van der Waals surface area contributed by atoms with E-state index in [0.29, 0.717) is 18.6 Å². The Hall–Kier alpha value is -1.35. The Bertz CT molecular complexity index is 492. The number of carbonyl (C=O) groups excluding carboxylic acids is 1. The molecule has 1 N–H and O–H groups in total. The summed E-state index contributed by atoms with van der Waals surface area (Å²) >= 11 is 0. The molecule has 1 rings (SSSR count). The van der Waals surface area contributed by atoms with Gasteiger partial charge in [0.25, 0.3) is 0 Å². The van der Waals surface area contributed by atoms with Crippen LogP contribution in [0.15, 0.2) is 24.3 Å². The minimum absolute atomic E-state index is 0.0875. The van der Waals surface area contributed by atoms with Crippen LogP contribution >= 0.6 is 0 Å². The van der Waals surface area contributed by atoms with Crippen molar-refractivity contribution in [1.82, 2.24) is 0 Å². The van der Waals surface area contributed by atoms with Crippen molar-refractivity contribution in [3.8, 4) is 0 Å². The van der Waals surface area contributed by atoms with Crippen molar-refractivity contribution in [3.05, 3.63) is 29.8 Å². The summed E-state index contributed by atoms with van der Waals surface area (Å²) < 4.78 is 5.46. The van der Waals surface area contributed by atoms with Crippen LogP contribution in [0.5, 0.6) is 0 Å². The van der Waals surface area contributed by atoms with Gasteiger partial charge in [-0.05, 0) is 47.8 Å². The van der Waals surface area contributed by atoms with Gasteiger partial charge in [0.1, 0.15) is 6.61 Å². The van der Waals surface area contributed by atoms with Crippen LogP contribution in [0.25, 0.3) is 0 Å². The molecule has 1 aromatic carbocycles. The number of carbonyl (C=O) groups is 1. The molecule has 1 aromatic rings. The molecule has 0 saturated carbocycles. The summed E-state index contributed by atoms with van der Waals surface area (Å²) in [6.07, 6.45) is 3.16. The van der Waals surface area contributed by atoms with Gasteiger partial charge in [0.15, 0.2) is 5.78 Å². The first-order valence-corrected chi connectivity index (χ1v) is 8.97. The molecule has 3 nitrogen and oxygen atoms in total. The lowest BCUT2D eigenvalue weighted by molar-refractivity contribution is -0.121. The van der Waals surface area contributed by atoms with Crippen LogP contribution in [0.3, 0.4) is 0 Å². The maximum absolute atomic E-state index is 11.8. The van der Waals surface area contributed by atoms with Crippen molar-refractivity contribution >= 4 is 11.5 Å². The van der Waals surface area contributed by atoms with E-state index in [9.17, 15) is 4.79 Å². The molecule has 0 aromatic heterocycles. The molecule has 0 fully saturated rings. The van der Waals surface area contributed by atoms with E-state index in [-0.39, 0.29) is 17.8 Å². The molecule has 0 saturated heterocycles. The van der Waals surface area contributed by atoms with Crippen molar-refractivity contribution in [1.29, 1.82) is 0 Å². The lowest BCUT2D eigenvalue weighted by Gasteiger charge is -2.18. The van der Waals surface area contributed by atoms with Gasteiger partial charge in [0.05, 0.1) is 6.54 Å². The first-order valence-electron chi connectivity index (χ1n) is 8.97. The second kappa shape index (κ2) is 9.22. The standard InChI is InChI=1S/C21H35NO2/c1-20(2,3)12-7-13-24-16-19(23)15-22-18-10-8-17(9-11-18)14-21(4,5)6/h8-11,22H,7,12-16H2,1-6H3. The Morgan fingerprint density at radius 1 is 1.00 bits per heavy atom. The van der Waals surface area contributed by atoms with E-state index in [1.807, 2.05) is 12.1 Å².